The first kappa shape index (κ1) is 41.1. The van der Waals surface area contributed by atoms with E-state index in [2.05, 4.69) is 20.7 Å². The van der Waals surface area contributed by atoms with Crippen LogP contribution in [0.4, 0.5) is 28.9 Å². The van der Waals surface area contributed by atoms with Crippen LogP contribution in [0.15, 0.2) is 59.5 Å². The van der Waals surface area contributed by atoms with Crippen LogP contribution in [-0.2, 0) is 22.8 Å². The SMILES string of the molecule is CN(C)C1CCN(c2cccc3c2n(C)c(=O)n3C2CCC(=O)NC2=O)CC1F.N#Cc1cc2nn(C3CCCCC3)cc2cc1NC(=O)c1cccc(C(F)(F)F)n1. The summed E-state index contributed by atoms with van der Waals surface area (Å²) in [6.07, 6.45) is 3.00. The number of amides is 3. The Morgan fingerprint density at radius 1 is 1.02 bits per heavy atom. The molecule has 0 bridgehead atoms. The number of hydrogen-bond donors (Lipinski definition) is 2. The third-order valence-corrected chi connectivity index (χ3v) is 11.4. The van der Waals surface area contributed by atoms with Crippen LogP contribution in [-0.4, -0.2) is 85.9 Å². The van der Waals surface area contributed by atoms with Crippen LogP contribution in [0.2, 0.25) is 0 Å². The summed E-state index contributed by atoms with van der Waals surface area (Å²) in [7, 11) is 5.44. The second kappa shape index (κ2) is 16.6. The van der Waals surface area contributed by atoms with Crippen molar-refractivity contribution >= 4 is 51.0 Å². The van der Waals surface area contributed by atoms with Crippen LogP contribution < -0.4 is 21.2 Å². The van der Waals surface area contributed by atoms with Gasteiger partial charge in [-0.15, -0.1) is 0 Å². The van der Waals surface area contributed by atoms with E-state index < -0.39 is 35.9 Å². The lowest BCUT2D eigenvalue weighted by molar-refractivity contribution is -0.141. The third-order valence-electron chi connectivity index (χ3n) is 11.4. The number of nitrogens with zero attached hydrogens (tertiary/aromatic N) is 8. The Balaban J connectivity index is 0.000000179. The molecule has 59 heavy (non-hydrogen) atoms. The zero-order chi connectivity index (χ0) is 42.2. The van der Waals surface area contributed by atoms with Gasteiger partial charge in [-0.05, 0) is 76.2 Å². The highest BCUT2D eigenvalue weighted by Gasteiger charge is 2.35. The number of imide groups is 1. The maximum Gasteiger partial charge on any atom is 0.433 e. The van der Waals surface area contributed by atoms with Crippen molar-refractivity contribution < 1.29 is 31.9 Å². The van der Waals surface area contributed by atoms with Crippen molar-refractivity contribution in [2.45, 2.75) is 81.8 Å². The number of hydrogen-bond acceptors (Lipinski definition) is 9. The Labute approximate surface area is 336 Å². The molecule has 18 heteroatoms. The second-order valence-electron chi connectivity index (χ2n) is 15.4. The van der Waals surface area contributed by atoms with Crippen molar-refractivity contribution in [2.24, 2.45) is 7.05 Å². The number of alkyl halides is 4. The van der Waals surface area contributed by atoms with E-state index >= 15 is 0 Å². The minimum atomic E-state index is -4.65. The van der Waals surface area contributed by atoms with Gasteiger partial charge in [0.25, 0.3) is 5.91 Å². The molecule has 3 unspecified atom stereocenters. The number of piperidine rings is 2. The van der Waals surface area contributed by atoms with Gasteiger partial charge < -0.3 is 15.1 Å². The summed E-state index contributed by atoms with van der Waals surface area (Å²) in [5.41, 5.74) is 1.25. The molecule has 8 rings (SSSR count). The molecule has 3 fully saturated rings. The molecule has 5 heterocycles. The number of halogens is 4. The van der Waals surface area contributed by atoms with Gasteiger partial charge in [0.05, 0.1) is 46.1 Å². The van der Waals surface area contributed by atoms with Crippen LogP contribution in [0.5, 0.6) is 0 Å². The minimum Gasteiger partial charge on any atom is -0.367 e. The van der Waals surface area contributed by atoms with E-state index in [4.69, 9.17) is 0 Å². The monoisotopic (exact) mass is 816 g/mol. The number of nitriles is 1. The summed E-state index contributed by atoms with van der Waals surface area (Å²) in [6.45, 7) is 0.930. The van der Waals surface area contributed by atoms with Gasteiger partial charge in [-0.25, -0.2) is 14.2 Å². The number of rotatable bonds is 6. The molecule has 3 aliphatic rings. The summed E-state index contributed by atoms with van der Waals surface area (Å²) in [5, 5.41) is 19.6. The molecule has 310 valence electrons. The summed E-state index contributed by atoms with van der Waals surface area (Å²) in [4.78, 5) is 56.6. The lowest BCUT2D eigenvalue weighted by atomic mass is 9.96. The number of nitrogens with one attached hydrogen (secondary N) is 2. The lowest BCUT2D eigenvalue weighted by Gasteiger charge is -2.39. The van der Waals surface area contributed by atoms with Crippen molar-refractivity contribution in [1.82, 2.24) is 34.1 Å². The van der Waals surface area contributed by atoms with Gasteiger partial charge in [-0.3, -0.25) is 33.5 Å². The standard InChI is InChI=1S/C21H18F3N5O.C20H26FN5O3/c22-21(23,24)19-8-4-7-16(26-19)20(30)27-17-10-14-12-29(15-5-2-1-3-6-15)28-18(14)9-13(17)11-25;1-23(2)13-9-10-25(11-12(13)21)14-5-4-6-15-18(14)24(3)20(29)26(15)16-7-8-17(27)22-19(16)28/h4,7-10,12,15H,1-3,5-6H2,(H,27,30);4-6,12-13,16H,7-11H2,1-3H3,(H,22,27,28). The zero-order valence-corrected chi connectivity index (χ0v) is 32.8. The molecular formula is C41H44F4N10O4. The number of pyridine rings is 1. The predicted molar refractivity (Wildman–Crippen MR) is 212 cm³/mol. The highest BCUT2D eigenvalue weighted by Crippen LogP contribution is 2.34. The number of para-hydroxylation sites is 1. The molecule has 5 aromatic rings. The first-order valence-corrected chi connectivity index (χ1v) is 19.5. The lowest BCUT2D eigenvalue weighted by Crippen LogP contribution is -2.50. The van der Waals surface area contributed by atoms with E-state index in [1.165, 1.54) is 21.6 Å². The average molecular weight is 817 g/mol. The number of aromatic nitrogens is 5. The molecule has 2 aliphatic heterocycles. The maximum atomic E-state index is 14.8. The molecule has 3 aromatic heterocycles. The van der Waals surface area contributed by atoms with Gasteiger partial charge in [0.1, 0.15) is 29.7 Å². The van der Waals surface area contributed by atoms with Gasteiger partial charge in [0.2, 0.25) is 11.8 Å². The molecule has 0 radical (unpaired) electrons. The van der Waals surface area contributed by atoms with Crippen LogP contribution in [0, 0.1) is 11.3 Å². The third kappa shape index (κ3) is 8.42. The van der Waals surface area contributed by atoms with E-state index in [1.807, 2.05) is 53.0 Å². The Hall–Kier alpha value is -6.09. The molecule has 3 atom stereocenters. The van der Waals surface area contributed by atoms with Crippen molar-refractivity contribution in [3.63, 3.8) is 0 Å². The van der Waals surface area contributed by atoms with Gasteiger partial charge in [-0.1, -0.05) is 31.4 Å². The fourth-order valence-corrected chi connectivity index (χ4v) is 8.32. The Kier molecular flexibility index (Phi) is 11.6. The molecular weight excluding hydrogens is 773 g/mol. The highest BCUT2D eigenvalue weighted by atomic mass is 19.4. The first-order chi connectivity index (χ1) is 28.1. The van der Waals surface area contributed by atoms with Gasteiger partial charge >= 0.3 is 11.9 Å². The molecule has 1 saturated carbocycles. The fraction of sp³-hybridized carbons (Fsp3) is 0.439. The number of anilines is 2. The molecule has 0 spiro atoms. The summed E-state index contributed by atoms with van der Waals surface area (Å²) in [5.74, 6) is -1.61. The first-order valence-electron chi connectivity index (χ1n) is 19.5. The van der Waals surface area contributed by atoms with Crippen molar-refractivity contribution in [3.05, 3.63) is 82.2 Å². The van der Waals surface area contributed by atoms with Gasteiger partial charge in [0, 0.05) is 37.6 Å². The smallest absolute Gasteiger partial charge is 0.367 e. The number of fused-ring (bicyclic) bond motifs is 2. The summed E-state index contributed by atoms with van der Waals surface area (Å²) < 4.78 is 58.2. The van der Waals surface area contributed by atoms with Crippen molar-refractivity contribution in [1.29, 1.82) is 5.26 Å². The Morgan fingerprint density at radius 2 is 1.76 bits per heavy atom. The predicted octanol–water partition coefficient (Wildman–Crippen LogP) is 5.88. The van der Waals surface area contributed by atoms with Crippen LogP contribution in [0.25, 0.3) is 21.9 Å². The van der Waals surface area contributed by atoms with Gasteiger partial charge in [0.15, 0.2) is 0 Å². The van der Waals surface area contributed by atoms with E-state index in [1.54, 1.807) is 25.2 Å². The van der Waals surface area contributed by atoms with Crippen LogP contribution in [0.1, 0.15) is 85.2 Å². The van der Waals surface area contributed by atoms with Crippen LogP contribution in [0.3, 0.4) is 0 Å². The minimum absolute atomic E-state index is 0.123. The molecule has 14 nitrogen and oxygen atoms in total. The molecule has 2 aromatic carbocycles. The van der Waals surface area contributed by atoms with E-state index in [0.29, 0.717) is 35.6 Å². The fourth-order valence-electron chi connectivity index (χ4n) is 8.32. The highest BCUT2D eigenvalue weighted by molar-refractivity contribution is 6.05. The zero-order valence-electron chi connectivity index (χ0n) is 32.8. The van der Waals surface area contributed by atoms with Crippen LogP contribution >= 0.6 is 0 Å². The van der Waals surface area contributed by atoms with E-state index in [9.17, 15) is 42.0 Å². The van der Waals surface area contributed by atoms with Crippen molar-refractivity contribution in [3.8, 4) is 6.07 Å². The maximum absolute atomic E-state index is 14.8. The Morgan fingerprint density at radius 3 is 2.44 bits per heavy atom. The number of imidazole rings is 1. The van der Waals surface area contributed by atoms with E-state index in [-0.39, 0.29) is 54.0 Å². The molecule has 1 aliphatic carbocycles. The number of benzene rings is 2. The molecule has 3 amide bonds. The molecule has 2 N–H and O–H groups in total. The Bertz CT molecular complexity index is 2510. The average Bonchev–Trinajstić information content (AvgIpc) is 3.74. The largest absolute Gasteiger partial charge is 0.433 e. The quantitative estimate of drug-likeness (QED) is 0.158. The van der Waals surface area contributed by atoms with Crippen molar-refractivity contribution in [2.75, 3.05) is 37.4 Å². The number of aryl methyl sites for hydroxylation is 1. The van der Waals surface area contributed by atoms with E-state index in [0.717, 1.165) is 48.9 Å². The summed E-state index contributed by atoms with van der Waals surface area (Å²) >= 11 is 0. The number of carbonyl (C=O) groups is 3. The number of carbonyl (C=O) groups excluding carboxylic acids is 3. The topological polar surface area (TPSA) is 163 Å². The molecule has 2 saturated heterocycles. The normalized spacial score (nSPS) is 20.3. The second-order valence-corrected chi connectivity index (χ2v) is 15.4. The summed E-state index contributed by atoms with van der Waals surface area (Å²) in [6, 6.07) is 13.3. The van der Waals surface area contributed by atoms with Gasteiger partial charge in [-0.2, -0.15) is 23.5 Å².